The Bertz CT molecular complexity index is 554. The molecular weight excluding hydrogens is 264 g/mol. The Morgan fingerprint density at radius 3 is 2.33 bits per heavy atom. The van der Waals surface area contributed by atoms with Crippen molar-refractivity contribution in [3.63, 3.8) is 0 Å². The van der Waals surface area contributed by atoms with Crippen molar-refractivity contribution in [3.8, 4) is 0 Å². The van der Waals surface area contributed by atoms with Gasteiger partial charge in [0, 0.05) is 5.92 Å². The summed E-state index contributed by atoms with van der Waals surface area (Å²) < 4.78 is 0. The Labute approximate surface area is 124 Å². The van der Waals surface area contributed by atoms with Crippen molar-refractivity contribution in [2.75, 3.05) is 5.43 Å². The molecule has 1 amide bonds. The second-order valence-corrected chi connectivity index (χ2v) is 7.97. The van der Waals surface area contributed by atoms with Crippen LogP contribution < -0.4 is 5.43 Å². The van der Waals surface area contributed by atoms with Crippen LogP contribution in [0.5, 0.6) is 0 Å². The predicted molar refractivity (Wildman–Crippen MR) is 77.0 cm³/mol. The second-order valence-electron chi connectivity index (χ2n) is 7.97. The average molecular weight is 286 g/mol. The lowest BCUT2D eigenvalue weighted by atomic mass is 9.49. The van der Waals surface area contributed by atoms with Gasteiger partial charge in [-0.25, -0.2) is 5.43 Å². The van der Waals surface area contributed by atoms with Gasteiger partial charge in [0.05, 0.1) is 17.3 Å². The predicted octanol–water partition coefficient (Wildman–Crippen LogP) is 2.44. The van der Waals surface area contributed by atoms with Gasteiger partial charge in [-0.3, -0.25) is 4.79 Å². The molecule has 5 nitrogen and oxygen atoms in total. The molecule has 1 aromatic heterocycles. The molecule has 5 aliphatic carbocycles. The first-order valence-corrected chi connectivity index (χ1v) is 8.44. The number of carbonyl (C=O) groups is 1. The van der Waals surface area contributed by atoms with Gasteiger partial charge in [0.2, 0.25) is 5.91 Å². The van der Waals surface area contributed by atoms with E-state index in [0.717, 1.165) is 42.7 Å². The first-order chi connectivity index (χ1) is 10.2. The van der Waals surface area contributed by atoms with Crippen LogP contribution in [-0.2, 0) is 4.79 Å². The molecule has 1 aromatic rings. The van der Waals surface area contributed by atoms with Crippen LogP contribution in [-0.4, -0.2) is 21.0 Å². The Morgan fingerprint density at radius 1 is 1.14 bits per heavy atom. The van der Waals surface area contributed by atoms with Gasteiger partial charge < -0.3 is 0 Å². The van der Waals surface area contributed by atoms with Gasteiger partial charge in [-0.15, -0.1) is 10.2 Å². The number of aromatic nitrogens is 3. The normalized spacial score (nSPS) is 40.5. The zero-order valence-corrected chi connectivity index (χ0v) is 12.3. The van der Waals surface area contributed by atoms with Crippen LogP contribution in [0.25, 0.3) is 0 Å². The number of nitrogens with zero attached hydrogens (tertiary/aromatic N) is 3. The van der Waals surface area contributed by atoms with Gasteiger partial charge in [-0.1, -0.05) is 4.91 Å². The smallest absolute Gasteiger partial charge is 0.247 e. The van der Waals surface area contributed by atoms with Crippen LogP contribution in [0.2, 0.25) is 0 Å². The third-order valence-corrected chi connectivity index (χ3v) is 6.23. The van der Waals surface area contributed by atoms with Crippen LogP contribution in [0.1, 0.15) is 63.0 Å². The molecule has 112 valence electrons. The minimum absolute atomic E-state index is 0.123. The molecule has 0 spiro atoms. The molecular formula is C16H22N4O. The van der Waals surface area contributed by atoms with Crippen molar-refractivity contribution >= 4 is 5.91 Å². The lowest BCUT2D eigenvalue weighted by Crippen LogP contribution is -2.53. The number of nitrogens with one attached hydrogen (secondary N) is 1. The summed E-state index contributed by atoms with van der Waals surface area (Å²) >= 11 is 0. The zero-order valence-electron chi connectivity index (χ0n) is 12.3. The number of rotatable bonds is 3. The highest BCUT2D eigenvalue weighted by Gasteiger charge is 2.54. The fourth-order valence-corrected chi connectivity index (χ4v) is 5.49. The molecule has 0 atom stereocenters. The van der Waals surface area contributed by atoms with Crippen LogP contribution in [0.4, 0.5) is 0 Å². The molecule has 5 saturated carbocycles. The van der Waals surface area contributed by atoms with E-state index in [1.54, 1.807) is 6.20 Å². The Morgan fingerprint density at radius 2 is 1.76 bits per heavy atom. The minimum Gasteiger partial charge on any atom is -0.272 e. The maximum Gasteiger partial charge on any atom is 0.247 e. The minimum atomic E-state index is -0.123. The fraction of sp³-hybridized carbons (Fsp3) is 0.812. The van der Waals surface area contributed by atoms with E-state index in [1.165, 1.54) is 37.0 Å². The lowest BCUT2D eigenvalue weighted by Gasteiger charge is -2.55. The summed E-state index contributed by atoms with van der Waals surface area (Å²) in [4.78, 5) is 14.3. The van der Waals surface area contributed by atoms with E-state index in [9.17, 15) is 4.79 Å². The average Bonchev–Trinajstić information content (AvgIpc) is 3.18. The number of hydrogen-bond donors (Lipinski definition) is 1. The Kier molecular flexibility index (Phi) is 2.37. The van der Waals surface area contributed by atoms with Gasteiger partial charge in [-0.05, 0) is 69.1 Å². The van der Waals surface area contributed by atoms with E-state index < -0.39 is 0 Å². The standard InChI is InChI=1S/C16H22N4O/c21-15(19-20-17-9-14(18-20)13-1-2-13)16-6-10-3-11(7-16)5-12(4-10)8-16/h9-13H,1-8H2,(H,19,21). The van der Waals surface area contributed by atoms with E-state index in [4.69, 9.17) is 0 Å². The Balaban J connectivity index is 1.35. The summed E-state index contributed by atoms with van der Waals surface area (Å²) in [5.41, 5.74) is 3.86. The number of carbonyl (C=O) groups excluding carboxylic acids is 1. The molecule has 6 rings (SSSR count). The topological polar surface area (TPSA) is 59.8 Å². The van der Waals surface area contributed by atoms with Gasteiger partial charge in [0.15, 0.2) is 0 Å². The molecule has 0 aromatic carbocycles. The largest absolute Gasteiger partial charge is 0.272 e. The maximum absolute atomic E-state index is 12.8. The molecule has 5 fully saturated rings. The molecule has 5 aliphatic rings. The van der Waals surface area contributed by atoms with E-state index in [1.807, 2.05) is 0 Å². The van der Waals surface area contributed by atoms with Crippen LogP contribution in [0.15, 0.2) is 6.20 Å². The summed E-state index contributed by atoms with van der Waals surface area (Å²) in [6, 6.07) is 0. The molecule has 5 heteroatoms. The number of amides is 1. The van der Waals surface area contributed by atoms with E-state index in [2.05, 4.69) is 15.6 Å². The highest BCUT2D eigenvalue weighted by Crippen LogP contribution is 2.60. The lowest BCUT2D eigenvalue weighted by molar-refractivity contribution is -0.141. The third kappa shape index (κ3) is 1.93. The number of hydrogen-bond acceptors (Lipinski definition) is 3. The summed E-state index contributed by atoms with van der Waals surface area (Å²) in [7, 11) is 0. The summed E-state index contributed by atoms with van der Waals surface area (Å²) in [5.74, 6) is 3.11. The van der Waals surface area contributed by atoms with Crippen molar-refractivity contribution in [3.05, 3.63) is 11.9 Å². The van der Waals surface area contributed by atoms with E-state index in [0.29, 0.717) is 5.92 Å². The van der Waals surface area contributed by atoms with Crippen molar-refractivity contribution in [2.45, 2.75) is 57.3 Å². The first-order valence-electron chi connectivity index (χ1n) is 8.44. The summed E-state index contributed by atoms with van der Waals surface area (Å²) in [6.45, 7) is 0. The SMILES string of the molecule is O=C(Nn1ncc(C2CC2)n1)C12CC3CC(CC(C3)C1)C2. The van der Waals surface area contributed by atoms with Gasteiger partial charge in [0.1, 0.15) is 0 Å². The fourth-order valence-electron chi connectivity index (χ4n) is 5.49. The maximum atomic E-state index is 12.8. The van der Waals surface area contributed by atoms with Gasteiger partial charge in [0.25, 0.3) is 0 Å². The van der Waals surface area contributed by atoms with Crippen LogP contribution in [0.3, 0.4) is 0 Å². The van der Waals surface area contributed by atoms with Gasteiger partial charge in [-0.2, -0.15) is 0 Å². The van der Waals surface area contributed by atoms with Gasteiger partial charge >= 0.3 is 0 Å². The molecule has 21 heavy (non-hydrogen) atoms. The van der Waals surface area contributed by atoms with Crippen molar-refractivity contribution < 1.29 is 4.79 Å². The highest BCUT2D eigenvalue weighted by molar-refractivity contribution is 5.89. The quantitative estimate of drug-likeness (QED) is 0.928. The summed E-state index contributed by atoms with van der Waals surface area (Å²) in [6.07, 6.45) is 11.6. The molecule has 4 bridgehead atoms. The van der Waals surface area contributed by atoms with E-state index >= 15 is 0 Å². The zero-order chi connectivity index (χ0) is 14.0. The molecule has 0 aliphatic heterocycles. The third-order valence-electron chi connectivity index (χ3n) is 6.23. The molecule has 0 radical (unpaired) electrons. The Hall–Kier alpha value is -1.39. The van der Waals surface area contributed by atoms with Crippen LogP contribution >= 0.6 is 0 Å². The van der Waals surface area contributed by atoms with Crippen molar-refractivity contribution in [1.29, 1.82) is 0 Å². The monoisotopic (exact) mass is 286 g/mol. The van der Waals surface area contributed by atoms with Crippen molar-refractivity contribution in [2.24, 2.45) is 23.2 Å². The van der Waals surface area contributed by atoms with E-state index in [-0.39, 0.29) is 11.3 Å². The highest BCUT2D eigenvalue weighted by atomic mass is 16.2. The van der Waals surface area contributed by atoms with Crippen LogP contribution in [0, 0.1) is 23.2 Å². The summed E-state index contributed by atoms with van der Waals surface area (Å²) in [5, 5.41) is 8.63. The first kappa shape index (κ1) is 12.2. The molecule has 1 N–H and O–H groups in total. The second kappa shape index (κ2) is 4.08. The molecule has 1 heterocycles. The van der Waals surface area contributed by atoms with Crippen molar-refractivity contribution in [1.82, 2.24) is 15.1 Å². The molecule has 0 unspecified atom stereocenters. The molecule has 0 saturated heterocycles.